The monoisotopic (exact) mass is 220 g/mol. The van der Waals surface area contributed by atoms with Gasteiger partial charge >= 0.3 is 6.03 Å². The van der Waals surface area contributed by atoms with Crippen LogP contribution in [0.1, 0.15) is 12.5 Å². The summed E-state index contributed by atoms with van der Waals surface area (Å²) >= 11 is 0. The first kappa shape index (κ1) is 12.1. The second kappa shape index (κ2) is 5.80. The van der Waals surface area contributed by atoms with Crippen molar-refractivity contribution in [3.05, 3.63) is 36.0 Å². The maximum atomic E-state index is 11.4. The van der Waals surface area contributed by atoms with E-state index in [2.05, 4.69) is 10.6 Å². The normalized spacial score (nSPS) is 10.2. The molecule has 1 aromatic carbocycles. The van der Waals surface area contributed by atoms with E-state index in [1.54, 1.807) is 19.4 Å². The maximum Gasteiger partial charge on any atom is 0.323 e. The standard InChI is InChI=1S/C12H16N2O2/c1-4-7-13-12(15)14-10-8-9(2)5-6-11(10)16-3/h4-8H,1-3H3,(H2,13,14,15)/b7-4+. The van der Waals surface area contributed by atoms with Gasteiger partial charge in [0.05, 0.1) is 12.8 Å². The van der Waals surface area contributed by atoms with Crippen LogP contribution in [0.5, 0.6) is 5.75 Å². The molecule has 1 aromatic rings. The van der Waals surface area contributed by atoms with Crippen LogP contribution in [0.15, 0.2) is 30.5 Å². The molecule has 0 aliphatic carbocycles. The van der Waals surface area contributed by atoms with Gasteiger partial charge in [-0.1, -0.05) is 12.1 Å². The van der Waals surface area contributed by atoms with E-state index in [1.165, 1.54) is 0 Å². The van der Waals surface area contributed by atoms with Crippen molar-refractivity contribution in [2.24, 2.45) is 0 Å². The fraction of sp³-hybridized carbons (Fsp3) is 0.250. The van der Waals surface area contributed by atoms with Gasteiger partial charge < -0.3 is 15.4 Å². The number of anilines is 1. The SMILES string of the molecule is C/C=C/NC(=O)Nc1cc(C)ccc1OC. The largest absolute Gasteiger partial charge is 0.495 e. The number of allylic oxidation sites excluding steroid dienone is 1. The quantitative estimate of drug-likeness (QED) is 0.822. The molecule has 4 nitrogen and oxygen atoms in total. The molecule has 0 heterocycles. The third kappa shape index (κ3) is 3.31. The zero-order valence-corrected chi connectivity index (χ0v) is 9.70. The summed E-state index contributed by atoms with van der Waals surface area (Å²) in [4.78, 5) is 11.4. The van der Waals surface area contributed by atoms with Crippen LogP contribution in [0, 0.1) is 6.92 Å². The van der Waals surface area contributed by atoms with Crippen LogP contribution in [-0.4, -0.2) is 13.1 Å². The van der Waals surface area contributed by atoms with Crippen molar-refractivity contribution in [2.75, 3.05) is 12.4 Å². The van der Waals surface area contributed by atoms with Crippen LogP contribution in [0.2, 0.25) is 0 Å². The van der Waals surface area contributed by atoms with Crippen LogP contribution in [0.3, 0.4) is 0 Å². The lowest BCUT2D eigenvalue weighted by molar-refractivity contribution is 0.255. The summed E-state index contributed by atoms with van der Waals surface area (Å²) in [5.41, 5.74) is 1.71. The molecule has 0 fully saturated rings. The molecule has 2 N–H and O–H groups in total. The van der Waals surface area contributed by atoms with Gasteiger partial charge in [0.2, 0.25) is 0 Å². The van der Waals surface area contributed by atoms with Crippen molar-refractivity contribution >= 4 is 11.7 Å². The molecule has 0 radical (unpaired) electrons. The molecule has 16 heavy (non-hydrogen) atoms. The first-order valence-electron chi connectivity index (χ1n) is 5.00. The highest BCUT2D eigenvalue weighted by atomic mass is 16.5. The molecule has 0 unspecified atom stereocenters. The summed E-state index contributed by atoms with van der Waals surface area (Å²) in [6.07, 6.45) is 3.31. The molecule has 86 valence electrons. The number of nitrogens with one attached hydrogen (secondary N) is 2. The predicted octanol–water partition coefficient (Wildman–Crippen LogP) is 2.66. The van der Waals surface area contributed by atoms with Gasteiger partial charge in [0.1, 0.15) is 5.75 Å². The number of hydrogen-bond acceptors (Lipinski definition) is 2. The van der Waals surface area contributed by atoms with Crippen molar-refractivity contribution in [1.29, 1.82) is 0 Å². The molecule has 0 aromatic heterocycles. The number of carbonyl (C=O) groups is 1. The van der Waals surface area contributed by atoms with Crippen LogP contribution in [0.4, 0.5) is 10.5 Å². The maximum absolute atomic E-state index is 11.4. The lowest BCUT2D eigenvalue weighted by Crippen LogP contribution is -2.24. The molecule has 0 aliphatic heterocycles. The zero-order valence-electron chi connectivity index (χ0n) is 9.70. The third-order valence-corrected chi connectivity index (χ3v) is 1.98. The van der Waals surface area contributed by atoms with Gasteiger partial charge in [-0.25, -0.2) is 4.79 Å². The number of benzene rings is 1. The van der Waals surface area contributed by atoms with E-state index in [-0.39, 0.29) is 6.03 Å². The van der Waals surface area contributed by atoms with Crippen LogP contribution < -0.4 is 15.4 Å². The van der Waals surface area contributed by atoms with Gasteiger partial charge in [0.25, 0.3) is 0 Å². The topological polar surface area (TPSA) is 50.4 Å². The Kier molecular flexibility index (Phi) is 4.39. The fourth-order valence-electron chi connectivity index (χ4n) is 1.24. The highest BCUT2D eigenvalue weighted by Gasteiger charge is 2.05. The summed E-state index contributed by atoms with van der Waals surface area (Å²) in [6, 6.07) is 5.31. The van der Waals surface area contributed by atoms with Crippen molar-refractivity contribution in [3.63, 3.8) is 0 Å². The molecule has 2 amide bonds. The Morgan fingerprint density at radius 1 is 1.44 bits per heavy atom. The van der Waals surface area contributed by atoms with E-state index in [0.717, 1.165) is 5.56 Å². The highest BCUT2D eigenvalue weighted by molar-refractivity contribution is 5.91. The summed E-state index contributed by atoms with van der Waals surface area (Å²) in [7, 11) is 1.57. The van der Waals surface area contributed by atoms with Gasteiger partial charge in [-0.15, -0.1) is 0 Å². The number of carbonyl (C=O) groups excluding carboxylic acids is 1. The van der Waals surface area contributed by atoms with Crippen LogP contribution in [0.25, 0.3) is 0 Å². The zero-order chi connectivity index (χ0) is 12.0. The Hall–Kier alpha value is -1.97. The van der Waals surface area contributed by atoms with Crippen LogP contribution in [-0.2, 0) is 0 Å². The first-order chi connectivity index (χ1) is 7.67. The van der Waals surface area contributed by atoms with E-state index < -0.39 is 0 Å². The average molecular weight is 220 g/mol. The fourth-order valence-corrected chi connectivity index (χ4v) is 1.24. The number of urea groups is 1. The van der Waals surface area contributed by atoms with Crippen molar-refractivity contribution in [1.82, 2.24) is 5.32 Å². The summed E-state index contributed by atoms with van der Waals surface area (Å²) < 4.78 is 5.15. The lowest BCUT2D eigenvalue weighted by atomic mass is 10.2. The van der Waals surface area contributed by atoms with E-state index in [1.807, 2.05) is 32.0 Å². The minimum absolute atomic E-state index is 0.290. The Morgan fingerprint density at radius 2 is 2.19 bits per heavy atom. The second-order valence-corrected chi connectivity index (χ2v) is 3.30. The molecule has 0 aliphatic rings. The van der Waals surface area contributed by atoms with E-state index in [4.69, 9.17) is 4.74 Å². The second-order valence-electron chi connectivity index (χ2n) is 3.30. The van der Waals surface area contributed by atoms with Crippen molar-refractivity contribution < 1.29 is 9.53 Å². The number of amides is 2. The molecule has 4 heteroatoms. The highest BCUT2D eigenvalue weighted by Crippen LogP contribution is 2.24. The van der Waals surface area contributed by atoms with E-state index in [9.17, 15) is 4.79 Å². The minimum Gasteiger partial charge on any atom is -0.495 e. The number of hydrogen-bond donors (Lipinski definition) is 2. The van der Waals surface area contributed by atoms with E-state index >= 15 is 0 Å². The lowest BCUT2D eigenvalue weighted by Gasteiger charge is -2.10. The Morgan fingerprint density at radius 3 is 2.81 bits per heavy atom. The number of methoxy groups -OCH3 is 1. The molecule has 0 atom stereocenters. The van der Waals surface area contributed by atoms with E-state index in [0.29, 0.717) is 11.4 Å². The van der Waals surface area contributed by atoms with Gasteiger partial charge in [0, 0.05) is 6.20 Å². The van der Waals surface area contributed by atoms with Gasteiger partial charge in [0.15, 0.2) is 0 Å². The summed E-state index contributed by atoms with van der Waals surface area (Å²) in [5.74, 6) is 0.640. The molecule has 0 saturated heterocycles. The molecular weight excluding hydrogens is 204 g/mol. The number of rotatable bonds is 3. The molecular formula is C12H16N2O2. The molecule has 0 spiro atoms. The van der Waals surface area contributed by atoms with Crippen molar-refractivity contribution in [3.8, 4) is 5.75 Å². The summed E-state index contributed by atoms with van der Waals surface area (Å²) in [5, 5.41) is 5.28. The third-order valence-electron chi connectivity index (χ3n) is 1.98. The molecule has 1 rings (SSSR count). The molecule has 0 bridgehead atoms. The Labute approximate surface area is 95.3 Å². The smallest absolute Gasteiger partial charge is 0.323 e. The van der Waals surface area contributed by atoms with Gasteiger partial charge in [-0.3, -0.25) is 0 Å². The van der Waals surface area contributed by atoms with Crippen LogP contribution >= 0.6 is 0 Å². The van der Waals surface area contributed by atoms with Gasteiger partial charge in [-0.05, 0) is 31.5 Å². The van der Waals surface area contributed by atoms with Crippen molar-refractivity contribution in [2.45, 2.75) is 13.8 Å². The predicted molar refractivity (Wildman–Crippen MR) is 64.7 cm³/mol. The Bertz CT molecular complexity index is 400. The number of aryl methyl sites for hydroxylation is 1. The van der Waals surface area contributed by atoms with Gasteiger partial charge in [-0.2, -0.15) is 0 Å². The minimum atomic E-state index is -0.290. The average Bonchev–Trinajstić information content (AvgIpc) is 2.27. The number of ether oxygens (including phenoxy) is 1. The first-order valence-corrected chi connectivity index (χ1v) is 5.00. The summed E-state index contributed by atoms with van der Waals surface area (Å²) in [6.45, 7) is 3.78. The molecule has 0 saturated carbocycles. The Balaban J connectivity index is 2.78.